The Hall–Kier alpha value is -4.21. The molecule has 0 atom stereocenters. The second-order valence-electron chi connectivity index (χ2n) is 6.87. The van der Waals surface area contributed by atoms with Gasteiger partial charge < -0.3 is 9.26 Å². The Labute approximate surface area is 179 Å². The van der Waals surface area contributed by atoms with Gasteiger partial charge in [-0.3, -0.25) is 9.67 Å². The molecule has 160 valence electrons. The van der Waals surface area contributed by atoms with Gasteiger partial charge in [0, 0.05) is 23.3 Å². The molecule has 3 aromatic heterocycles. The van der Waals surface area contributed by atoms with Crippen LogP contribution >= 0.6 is 0 Å². The molecular formula is C22H14F3N5O2. The lowest BCUT2D eigenvalue weighted by atomic mass is 10.2. The van der Waals surface area contributed by atoms with Crippen molar-refractivity contribution in [1.29, 1.82) is 0 Å². The predicted molar refractivity (Wildman–Crippen MR) is 108 cm³/mol. The van der Waals surface area contributed by atoms with Crippen molar-refractivity contribution in [2.75, 3.05) is 0 Å². The molecule has 0 saturated heterocycles. The van der Waals surface area contributed by atoms with E-state index in [-0.39, 0.29) is 17.5 Å². The van der Waals surface area contributed by atoms with Gasteiger partial charge >= 0.3 is 6.36 Å². The molecule has 0 aliphatic carbocycles. The second kappa shape index (κ2) is 7.80. The van der Waals surface area contributed by atoms with E-state index in [0.717, 1.165) is 16.5 Å². The number of pyridine rings is 1. The fourth-order valence-corrected chi connectivity index (χ4v) is 3.31. The number of benzene rings is 2. The number of nitrogens with zero attached hydrogens (tertiary/aromatic N) is 5. The number of fused-ring (bicyclic) bond motifs is 1. The summed E-state index contributed by atoms with van der Waals surface area (Å²) in [5.74, 6) is 0.109. The smallest absolute Gasteiger partial charge is 0.406 e. The van der Waals surface area contributed by atoms with E-state index in [1.807, 2.05) is 41.1 Å². The van der Waals surface area contributed by atoms with Crippen LogP contribution in [0.15, 0.2) is 77.6 Å². The number of alkyl halides is 3. The van der Waals surface area contributed by atoms with Gasteiger partial charge in [0.1, 0.15) is 5.75 Å². The molecule has 0 fully saturated rings. The Morgan fingerprint density at radius 1 is 0.938 bits per heavy atom. The summed E-state index contributed by atoms with van der Waals surface area (Å²) in [5.41, 5.74) is 2.93. The fourth-order valence-electron chi connectivity index (χ4n) is 3.31. The minimum atomic E-state index is -4.75. The summed E-state index contributed by atoms with van der Waals surface area (Å²) in [6, 6.07) is 16.7. The molecule has 0 N–H and O–H groups in total. The molecule has 0 saturated carbocycles. The molecule has 5 rings (SSSR count). The van der Waals surface area contributed by atoms with Crippen LogP contribution in [0.3, 0.4) is 0 Å². The third kappa shape index (κ3) is 4.02. The van der Waals surface area contributed by atoms with Crippen LogP contribution in [0.5, 0.6) is 5.75 Å². The fraction of sp³-hybridized carbons (Fsp3) is 0.0909. The van der Waals surface area contributed by atoms with E-state index in [4.69, 9.17) is 4.52 Å². The van der Waals surface area contributed by atoms with Gasteiger partial charge in [-0.2, -0.15) is 10.1 Å². The van der Waals surface area contributed by atoms with E-state index >= 15 is 0 Å². The Balaban J connectivity index is 1.47. The van der Waals surface area contributed by atoms with Crippen LogP contribution in [0, 0.1) is 0 Å². The predicted octanol–water partition coefficient (Wildman–Crippen LogP) is 5.10. The van der Waals surface area contributed by atoms with Crippen LogP contribution < -0.4 is 4.74 Å². The molecule has 0 amide bonds. The highest BCUT2D eigenvalue weighted by molar-refractivity contribution is 5.91. The maximum Gasteiger partial charge on any atom is 0.573 e. The average molecular weight is 437 g/mol. The lowest BCUT2D eigenvalue weighted by molar-refractivity contribution is -0.274. The van der Waals surface area contributed by atoms with Gasteiger partial charge in [-0.1, -0.05) is 23.4 Å². The molecule has 5 aromatic rings. The number of para-hydroxylation sites is 1. The summed E-state index contributed by atoms with van der Waals surface area (Å²) >= 11 is 0. The van der Waals surface area contributed by atoms with Crippen molar-refractivity contribution in [3.05, 3.63) is 78.6 Å². The summed E-state index contributed by atoms with van der Waals surface area (Å²) in [7, 11) is 0. The van der Waals surface area contributed by atoms with E-state index in [9.17, 15) is 13.2 Å². The van der Waals surface area contributed by atoms with Crippen molar-refractivity contribution in [2.45, 2.75) is 12.9 Å². The first-order valence-corrected chi connectivity index (χ1v) is 9.51. The monoisotopic (exact) mass is 437 g/mol. The number of rotatable bonds is 5. The third-order valence-electron chi connectivity index (χ3n) is 4.71. The number of hydrogen-bond donors (Lipinski definition) is 0. The van der Waals surface area contributed by atoms with Crippen LogP contribution in [0.2, 0.25) is 0 Å². The first kappa shape index (κ1) is 19.7. The lowest BCUT2D eigenvalue weighted by Gasteiger charge is -2.08. The van der Waals surface area contributed by atoms with E-state index in [0.29, 0.717) is 17.8 Å². The Bertz CT molecular complexity index is 1360. The van der Waals surface area contributed by atoms with Gasteiger partial charge in [-0.25, -0.2) is 0 Å². The molecular weight excluding hydrogens is 423 g/mol. The van der Waals surface area contributed by atoms with Crippen LogP contribution in [-0.4, -0.2) is 31.3 Å². The quantitative estimate of drug-likeness (QED) is 0.381. The lowest BCUT2D eigenvalue weighted by Crippen LogP contribution is -2.16. The molecule has 0 radical (unpaired) electrons. The summed E-state index contributed by atoms with van der Waals surface area (Å²) < 4.78 is 48.2. The van der Waals surface area contributed by atoms with Crippen molar-refractivity contribution in [1.82, 2.24) is 24.9 Å². The molecule has 0 unspecified atom stereocenters. The zero-order valence-electron chi connectivity index (χ0n) is 16.3. The Kier molecular flexibility index (Phi) is 4.81. The van der Waals surface area contributed by atoms with Crippen LogP contribution in [0.1, 0.15) is 5.56 Å². The highest BCUT2D eigenvalue weighted by atomic mass is 19.4. The van der Waals surface area contributed by atoms with Crippen LogP contribution in [0.4, 0.5) is 13.2 Å². The summed E-state index contributed by atoms with van der Waals surface area (Å²) in [5, 5.41) is 9.47. The van der Waals surface area contributed by atoms with Gasteiger partial charge in [0.2, 0.25) is 5.82 Å². The largest absolute Gasteiger partial charge is 0.573 e. The van der Waals surface area contributed by atoms with Crippen molar-refractivity contribution in [3.8, 4) is 28.7 Å². The molecule has 2 aromatic carbocycles. The zero-order valence-corrected chi connectivity index (χ0v) is 16.3. The summed E-state index contributed by atoms with van der Waals surface area (Å²) in [4.78, 5) is 8.43. The molecule has 3 heterocycles. The van der Waals surface area contributed by atoms with Gasteiger partial charge in [-0.15, -0.1) is 13.2 Å². The molecule has 7 nitrogen and oxygen atoms in total. The molecule has 0 aliphatic rings. The topological polar surface area (TPSA) is 78.9 Å². The van der Waals surface area contributed by atoms with Crippen LogP contribution in [-0.2, 0) is 6.54 Å². The number of hydrogen-bond acceptors (Lipinski definition) is 6. The second-order valence-corrected chi connectivity index (χ2v) is 6.87. The van der Waals surface area contributed by atoms with Crippen molar-refractivity contribution in [3.63, 3.8) is 0 Å². The van der Waals surface area contributed by atoms with Gasteiger partial charge in [0.15, 0.2) is 5.69 Å². The van der Waals surface area contributed by atoms with Gasteiger partial charge in [0.25, 0.3) is 5.89 Å². The normalized spacial score (nSPS) is 11.7. The average Bonchev–Trinajstić information content (AvgIpc) is 3.40. The molecule has 0 spiro atoms. The zero-order chi connectivity index (χ0) is 22.1. The first-order chi connectivity index (χ1) is 15.5. The van der Waals surface area contributed by atoms with Crippen molar-refractivity contribution >= 4 is 10.9 Å². The standard InChI is InChI=1S/C22H14F3N5O2/c23-22(24,25)31-16-7-5-15(6-8-16)20-27-21(32-29-20)19-17-3-1-2-4-18(17)30(28-19)13-14-9-11-26-12-10-14/h1-12H,13H2. The van der Waals surface area contributed by atoms with E-state index in [1.54, 1.807) is 12.4 Å². The third-order valence-corrected chi connectivity index (χ3v) is 4.71. The summed E-state index contributed by atoms with van der Waals surface area (Å²) in [6.45, 7) is 0.532. The van der Waals surface area contributed by atoms with Crippen molar-refractivity contribution < 1.29 is 22.4 Å². The Morgan fingerprint density at radius 2 is 1.69 bits per heavy atom. The number of ether oxygens (including phenoxy) is 1. The van der Waals surface area contributed by atoms with E-state index in [2.05, 4.69) is 25.0 Å². The highest BCUT2D eigenvalue weighted by Crippen LogP contribution is 2.30. The first-order valence-electron chi connectivity index (χ1n) is 9.51. The SMILES string of the molecule is FC(F)(F)Oc1ccc(-c2noc(-c3nn(Cc4ccncc4)c4ccccc34)n2)cc1. The number of aromatic nitrogens is 5. The molecule has 32 heavy (non-hydrogen) atoms. The molecule has 10 heteroatoms. The minimum absolute atomic E-state index is 0.209. The maximum absolute atomic E-state index is 12.3. The van der Waals surface area contributed by atoms with Gasteiger partial charge in [-0.05, 0) is 48.0 Å². The van der Waals surface area contributed by atoms with E-state index in [1.165, 1.54) is 24.3 Å². The van der Waals surface area contributed by atoms with Crippen molar-refractivity contribution in [2.24, 2.45) is 0 Å². The Morgan fingerprint density at radius 3 is 2.44 bits per heavy atom. The maximum atomic E-state index is 12.3. The minimum Gasteiger partial charge on any atom is -0.406 e. The number of halogens is 3. The van der Waals surface area contributed by atoms with Crippen LogP contribution in [0.25, 0.3) is 33.9 Å². The molecule has 0 aliphatic heterocycles. The summed E-state index contributed by atoms with van der Waals surface area (Å²) in [6.07, 6.45) is -1.31. The van der Waals surface area contributed by atoms with Gasteiger partial charge in [0.05, 0.1) is 12.1 Å². The van der Waals surface area contributed by atoms with E-state index < -0.39 is 6.36 Å². The highest BCUT2D eigenvalue weighted by Gasteiger charge is 2.31. The molecule has 0 bridgehead atoms.